The molecule has 2 heterocycles. The van der Waals surface area contributed by atoms with Crippen LogP contribution in [0.4, 0.5) is 18.0 Å². The van der Waals surface area contributed by atoms with Gasteiger partial charge in [-0.25, -0.2) is 9.78 Å². The fourth-order valence-corrected chi connectivity index (χ4v) is 3.98. The van der Waals surface area contributed by atoms with Crippen molar-refractivity contribution in [2.75, 3.05) is 18.9 Å². The van der Waals surface area contributed by atoms with Gasteiger partial charge in [-0.1, -0.05) is 11.8 Å². The summed E-state index contributed by atoms with van der Waals surface area (Å²) in [5.74, 6) is 0.352. The highest BCUT2D eigenvalue weighted by Crippen LogP contribution is 2.24. The molecule has 2 aromatic heterocycles. The average molecular weight is 445 g/mol. The van der Waals surface area contributed by atoms with Crippen LogP contribution in [0.2, 0.25) is 0 Å². The number of aromatic nitrogens is 2. The summed E-state index contributed by atoms with van der Waals surface area (Å²) in [7, 11) is 0. The van der Waals surface area contributed by atoms with Crippen molar-refractivity contribution < 1.29 is 27.8 Å². The number of thioether (sulfide) groups is 1. The molecule has 0 saturated heterocycles. The summed E-state index contributed by atoms with van der Waals surface area (Å²) in [6.07, 6.45) is -5.60. The number of benzene rings is 1. The summed E-state index contributed by atoms with van der Waals surface area (Å²) >= 11 is 2.51. The second-order valence-corrected chi connectivity index (χ2v) is 7.49. The van der Waals surface area contributed by atoms with Crippen LogP contribution in [0.5, 0.6) is 5.75 Å². The molecule has 154 valence electrons. The minimum absolute atomic E-state index is 0.0172. The molecule has 7 nitrogen and oxygen atoms in total. The predicted octanol–water partition coefficient (Wildman–Crippen LogP) is 3.75. The molecule has 0 aliphatic carbocycles. The molecule has 2 N–H and O–H groups in total. The molecule has 0 saturated carbocycles. The Morgan fingerprint density at radius 3 is 2.66 bits per heavy atom. The number of carbonyl (C=O) groups is 1. The molecule has 0 aliphatic rings. The zero-order valence-electron chi connectivity index (χ0n) is 14.6. The Bertz CT molecular complexity index is 1060. The third-order valence-electron chi connectivity index (χ3n) is 3.59. The highest BCUT2D eigenvalue weighted by molar-refractivity contribution is 7.99. The number of carboxylic acid groups (broad SMARTS) is 1. The van der Waals surface area contributed by atoms with E-state index in [2.05, 4.69) is 15.0 Å². The van der Waals surface area contributed by atoms with Crippen LogP contribution in [-0.4, -0.2) is 45.8 Å². The summed E-state index contributed by atoms with van der Waals surface area (Å²) in [5, 5.41) is 15.0. The van der Waals surface area contributed by atoms with E-state index in [-0.39, 0.29) is 17.9 Å². The molecule has 3 rings (SSSR count). The van der Waals surface area contributed by atoms with Gasteiger partial charge in [0.2, 0.25) is 0 Å². The smallest absolute Gasteiger partial charge is 0.422 e. The number of nitrogens with one attached hydrogen (secondary N) is 1. The number of hydrogen-bond acceptors (Lipinski definition) is 6. The number of nitrogens with zero attached hydrogens (tertiary/aromatic N) is 2. The molecule has 3 aromatic rings. The first-order valence-corrected chi connectivity index (χ1v) is 10.1. The van der Waals surface area contributed by atoms with Gasteiger partial charge in [0.15, 0.2) is 11.8 Å². The van der Waals surface area contributed by atoms with E-state index in [0.717, 1.165) is 0 Å². The number of ether oxygens (including phenoxy) is 1. The SMILES string of the molecule is O=C(O)NCCSc1nc2cscc2c(=O)n1-c1ccc(OCC(F)(F)F)cc1. The lowest BCUT2D eigenvalue weighted by atomic mass is 10.3. The number of thiophene rings is 1. The van der Waals surface area contributed by atoms with Crippen molar-refractivity contribution >= 4 is 40.1 Å². The maximum atomic E-state index is 12.9. The third-order valence-corrected chi connectivity index (χ3v) is 5.26. The first-order valence-electron chi connectivity index (χ1n) is 8.13. The second kappa shape index (κ2) is 8.74. The first kappa shape index (κ1) is 21.0. The van der Waals surface area contributed by atoms with Gasteiger partial charge in [0.25, 0.3) is 5.56 Å². The molecule has 1 amide bonds. The minimum Gasteiger partial charge on any atom is -0.484 e. The lowest BCUT2D eigenvalue weighted by Gasteiger charge is -2.13. The summed E-state index contributed by atoms with van der Waals surface area (Å²) in [6.45, 7) is -1.26. The molecular formula is C17H14F3N3O4S2. The first-order chi connectivity index (χ1) is 13.7. The van der Waals surface area contributed by atoms with Gasteiger partial charge in [0, 0.05) is 23.1 Å². The summed E-state index contributed by atoms with van der Waals surface area (Å²) < 4.78 is 42.9. The molecule has 1 aromatic carbocycles. The van der Waals surface area contributed by atoms with E-state index < -0.39 is 18.9 Å². The topological polar surface area (TPSA) is 93.5 Å². The number of halogens is 3. The Hall–Kier alpha value is -2.73. The molecule has 0 spiro atoms. The van der Waals surface area contributed by atoms with Gasteiger partial charge in [-0.3, -0.25) is 9.36 Å². The van der Waals surface area contributed by atoms with Gasteiger partial charge in [-0.15, -0.1) is 11.3 Å². The third kappa shape index (κ3) is 5.41. The zero-order valence-corrected chi connectivity index (χ0v) is 16.2. The highest BCUT2D eigenvalue weighted by Gasteiger charge is 2.28. The number of alkyl halides is 3. The van der Waals surface area contributed by atoms with Crippen molar-refractivity contribution in [3.63, 3.8) is 0 Å². The number of fused-ring (bicyclic) bond motifs is 1. The number of hydrogen-bond donors (Lipinski definition) is 2. The van der Waals surface area contributed by atoms with Gasteiger partial charge < -0.3 is 15.2 Å². The molecule has 0 radical (unpaired) electrons. The predicted molar refractivity (Wildman–Crippen MR) is 104 cm³/mol. The Morgan fingerprint density at radius 2 is 2.00 bits per heavy atom. The number of rotatable bonds is 7. The molecule has 0 unspecified atom stereocenters. The maximum Gasteiger partial charge on any atom is 0.422 e. The fraction of sp³-hybridized carbons (Fsp3) is 0.235. The monoisotopic (exact) mass is 445 g/mol. The molecule has 0 aliphatic heterocycles. The Labute approximate surface area is 170 Å². The highest BCUT2D eigenvalue weighted by atomic mass is 32.2. The van der Waals surface area contributed by atoms with E-state index in [1.807, 2.05) is 0 Å². The van der Waals surface area contributed by atoms with Crippen molar-refractivity contribution in [3.8, 4) is 11.4 Å². The zero-order chi connectivity index (χ0) is 21.0. The fourth-order valence-electron chi connectivity index (χ4n) is 2.38. The summed E-state index contributed by atoms with van der Waals surface area (Å²) in [5.41, 5.74) is 0.604. The van der Waals surface area contributed by atoms with E-state index >= 15 is 0 Å². The van der Waals surface area contributed by atoms with Crippen LogP contribution in [0.15, 0.2) is 45.0 Å². The van der Waals surface area contributed by atoms with E-state index in [4.69, 9.17) is 5.11 Å². The van der Waals surface area contributed by atoms with Crippen molar-refractivity contribution in [1.29, 1.82) is 0 Å². The van der Waals surface area contributed by atoms with E-state index in [9.17, 15) is 22.8 Å². The van der Waals surface area contributed by atoms with Crippen molar-refractivity contribution in [3.05, 3.63) is 45.4 Å². The Morgan fingerprint density at radius 1 is 1.28 bits per heavy atom. The molecule has 0 fully saturated rings. The van der Waals surface area contributed by atoms with Gasteiger partial charge >= 0.3 is 12.3 Å². The van der Waals surface area contributed by atoms with Crippen LogP contribution in [0.25, 0.3) is 16.6 Å². The maximum absolute atomic E-state index is 12.9. The standard InChI is InChI=1S/C17H14F3N3O4S2/c18-17(19,20)9-27-11-3-1-10(2-4-11)23-14(24)12-7-28-8-13(12)22-15(23)29-6-5-21-16(25)26/h1-4,7-8,21H,5-6,9H2,(H,25,26). The summed E-state index contributed by atoms with van der Waals surface area (Å²) in [6, 6.07) is 5.61. The lowest BCUT2D eigenvalue weighted by Crippen LogP contribution is -2.24. The van der Waals surface area contributed by atoms with Crippen molar-refractivity contribution in [2.45, 2.75) is 11.3 Å². The van der Waals surface area contributed by atoms with E-state index in [0.29, 0.717) is 27.5 Å². The van der Waals surface area contributed by atoms with Crippen LogP contribution >= 0.6 is 23.1 Å². The van der Waals surface area contributed by atoms with Gasteiger partial charge in [0.1, 0.15) is 5.75 Å². The van der Waals surface area contributed by atoms with E-state index in [1.165, 1.54) is 51.9 Å². The van der Waals surface area contributed by atoms with Crippen LogP contribution in [0.3, 0.4) is 0 Å². The molecule has 0 atom stereocenters. The van der Waals surface area contributed by atoms with E-state index in [1.54, 1.807) is 10.8 Å². The second-order valence-electron chi connectivity index (χ2n) is 5.68. The molecule has 0 bridgehead atoms. The van der Waals surface area contributed by atoms with Crippen molar-refractivity contribution in [2.24, 2.45) is 0 Å². The van der Waals surface area contributed by atoms with Gasteiger partial charge in [-0.05, 0) is 24.3 Å². The van der Waals surface area contributed by atoms with Crippen LogP contribution in [0, 0.1) is 0 Å². The van der Waals surface area contributed by atoms with Crippen LogP contribution in [0.1, 0.15) is 0 Å². The van der Waals surface area contributed by atoms with Crippen LogP contribution < -0.4 is 15.6 Å². The van der Waals surface area contributed by atoms with Gasteiger partial charge in [0.05, 0.1) is 16.6 Å². The molecule has 29 heavy (non-hydrogen) atoms. The van der Waals surface area contributed by atoms with Gasteiger partial charge in [-0.2, -0.15) is 13.2 Å². The van der Waals surface area contributed by atoms with Crippen molar-refractivity contribution in [1.82, 2.24) is 14.9 Å². The quantitative estimate of drug-likeness (QED) is 0.327. The molecular weight excluding hydrogens is 431 g/mol. The Kier molecular flexibility index (Phi) is 6.33. The normalized spacial score (nSPS) is 11.6. The average Bonchev–Trinajstić information content (AvgIpc) is 3.12. The lowest BCUT2D eigenvalue weighted by molar-refractivity contribution is -0.153. The number of amides is 1. The minimum atomic E-state index is -4.45. The Balaban J connectivity index is 1.90. The summed E-state index contributed by atoms with van der Waals surface area (Å²) in [4.78, 5) is 27.9. The van der Waals surface area contributed by atoms with Crippen LogP contribution in [-0.2, 0) is 0 Å². The largest absolute Gasteiger partial charge is 0.484 e. The molecule has 12 heteroatoms.